The Morgan fingerprint density at radius 3 is 3.21 bits per heavy atom. The van der Waals surface area contributed by atoms with Gasteiger partial charge in [0.15, 0.2) is 0 Å². The van der Waals surface area contributed by atoms with Crippen LogP contribution in [0.25, 0.3) is 0 Å². The van der Waals surface area contributed by atoms with Crippen molar-refractivity contribution in [3.05, 3.63) is 17.2 Å². The van der Waals surface area contributed by atoms with Crippen molar-refractivity contribution in [3.63, 3.8) is 0 Å². The van der Waals surface area contributed by atoms with Crippen LogP contribution in [0.3, 0.4) is 0 Å². The van der Waals surface area contributed by atoms with Crippen molar-refractivity contribution in [2.45, 2.75) is 25.9 Å². The zero-order valence-corrected chi connectivity index (χ0v) is 8.55. The van der Waals surface area contributed by atoms with Crippen LogP contribution in [0.4, 0.5) is 0 Å². The maximum Gasteiger partial charge on any atom is 0.132 e. The van der Waals surface area contributed by atoms with Crippen LogP contribution in [0.15, 0.2) is 0 Å². The number of aromatic nitrogens is 2. The number of hydrogen-bond donors (Lipinski definition) is 2. The summed E-state index contributed by atoms with van der Waals surface area (Å²) in [5, 5.41) is 0. The quantitative estimate of drug-likeness (QED) is 0.743. The van der Waals surface area contributed by atoms with E-state index in [0.29, 0.717) is 12.5 Å². The highest BCUT2D eigenvalue weighted by Gasteiger charge is 2.20. The maximum absolute atomic E-state index is 5.67. The third-order valence-electron chi connectivity index (χ3n) is 2.81. The van der Waals surface area contributed by atoms with E-state index in [4.69, 9.17) is 10.5 Å². The van der Waals surface area contributed by atoms with Gasteiger partial charge in [-0.1, -0.05) is 0 Å². The van der Waals surface area contributed by atoms with E-state index in [1.54, 1.807) is 7.11 Å². The topological polar surface area (TPSA) is 63.9 Å². The van der Waals surface area contributed by atoms with E-state index in [2.05, 4.69) is 9.97 Å². The van der Waals surface area contributed by atoms with Gasteiger partial charge in [0.1, 0.15) is 12.4 Å². The first-order valence-electron chi connectivity index (χ1n) is 5.09. The molecule has 4 heteroatoms. The first-order valence-corrected chi connectivity index (χ1v) is 5.09. The molecule has 1 atom stereocenters. The van der Waals surface area contributed by atoms with Crippen LogP contribution in [0.5, 0.6) is 0 Å². The number of imidazole rings is 1. The summed E-state index contributed by atoms with van der Waals surface area (Å²) in [4.78, 5) is 7.80. The lowest BCUT2D eigenvalue weighted by Gasteiger charge is -2.18. The fourth-order valence-electron chi connectivity index (χ4n) is 2.02. The number of fused-ring (bicyclic) bond motifs is 1. The predicted molar refractivity (Wildman–Crippen MR) is 53.9 cm³/mol. The Hall–Kier alpha value is -0.870. The highest BCUT2D eigenvalue weighted by Crippen LogP contribution is 2.23. The Kier molecular flexibility index (Phi) is 2.84. The Bertz CT molecular complexity index is 308. The van der Waals surface area contributed by atoms with Crippen molar-refractivity contribution in [2.24, 2.45) is 11.7 Å². The molecule has 1 aromatic heterocycles. The van der Waals surface area contributed by atoms with Gasteiger partial charge in [-0.25, -0.2) is 4.98 Å². The van der Waals surface area contributed by atoms with Crippen LogP contribution < -0.4 is 5.73 Å². The molecule has 0 saturated carbocycles. The van der Waals surface area contributed by atoms with Crippen molar-refractivity contribution >= 4 is 0 Å². The number of nitrogens with zero attached hydrogens (tertiary/aromatic N) is 1. The van der Waals surface area contributed by atoms with Crippen molar-refractivity contribution in [1.29, 1.82) is 0 Å². The first-order chi connectivity index (χ1) is 6.83. The third-order valence-corrected chi connectivity index (χ3v) is 2.81. The molecule has 2 rings (SSSR count). The second-order valence-electron chi connectivity index (χ2n) is 3.89. The van der Waals surface area contributed by atoms with E-state index in [1.807, 2.05) is 0 Å². The highest BCUT2D eigenvalue weighted by molar-refractivity contribution is 5.18. The molecule has 0 bridgehead atoms. The second kappa shape index (κ2) is 4.11. The van der Waals surface area contributed by atoms with Gasteiger partial charge in [-0.2, -0.15) is 0 Å². The van der Waals surface area contributed by atoms with Crippen LogP contribution in [-0.4, -0.2) is 23.6 Å². The molecule has 0 saturated heterocycles. The average molecular weight is 195 g/mol. The fraction of sp³-hybridized carbons (Fsp3) is 0.700. The minimum Gasteiger partial charge on any atom is -0.377 e. The fourth-order valence-corrected chi connectivity index (χ4v) is 2.02. The summed E-state index contributed by atoms with van der Waals surface area (Å²) in [7, 11) is 1.68. The lowest BCUT2D eigenvalue weighted by atomic mass is 9.90. The third kappa shape index (κ3) is 1.81. The number of methoxy groups -OCH3 is 1. The highest BCUT2D eigenvalue weighted by atomic mass is 16.5. The predicted octanol–water partition coefficient (Wildman–Crippen LogP) is 0.620. The maximum atomic E-state index is 5.67. The SMILES string of the molecule is COCc1nc2c([nH]1)CC(CN)CC2. The number of hydrogen-bond acceptors (Lipinski definition) is 3. The lowest BCUT2D eigenvalue weighted by molar-refractivity contribution is 0.178. The van der Waals surface area contributed by atoms with Gasteiger partial charge in [0, 0.05) is 12.8 Å². The summed E-state index contributed by atoms with van der Waals surface area (Å²) < 4.78 is 5.04. The molecule has 0 radical (unpaired) electrons. The Labute approximate surface area is 83.9 Å². The van der Waals surface area contributed by atoms with Gasteiger partial charge in [0.25, 0.3) is 0 Å². The lowest BCUT2D eigenvalue weighted by Crippen LogP contribution is -2.22. The molecule has 1 aromatic rings. The van der Waals surface area contributed by atoms with E-state index in [9.17, 15) is 0 Å². The molecule has 14 heavy (non-hydrogen) atoms. The zero-order chi connectivity index (χ0) is 9.97. The van der Waals surface area contributed by atoms with E-state index in [-0.39, 0.29) is 0 Å². The molecule has 1 aliphatic rings. The van der Waals surface area contributed by atoms with Gasteiger partial charge in [0.05, 0.1) is 5.69 Å². The monoisotopic (exact) mass is 195 g/mol. The van der Waals surface area contributed by atoms with Gasteiger partial charge in [-0.3, -0.25) is 0 Å². The number of aromatic amines is 1. The molecular weight excluding hydrogens is 178 g/mol. The van der Waals surface area contributed by atoms with Gasteiger partial charge >= 0.3 is 0 Å². The van der Waals surface area contributed by atoms with Crippen LogP contribution >= 0.6 is 0 Å². The number of ether oxygens (including phenoxy) is 1. The van der Waals surface area contributed by atoms with E-state index >= 15 is 0 Å². The zero-order valence-electron chi connectivity index (χ0n) is 8.55. The molecule has 4 nitrogen and oxygen atoms in total. The van der Waals surface area contributed by atoms with Crippen molar-refractivity contribution in [2.75, 3.05) is 13.7 Å². The minimum atomic E-state index is 0.570. The molecule has 0 fully saturated rings. The molecule has 1 unspecified atom stereocenters. The Balaban J connectivity index is 2.12. The van der Waals surface area contributed by atoms with Crippen LogP contribution in [0, 0.1) is 5.92 Å². The number of H-pyrrole nitrogens is 1. The second-order valence-corrected chi connectivity index (χ2v) is 3.89. The molecular formula is C10H17N3O. The minimum absolute atomic E-state index is 0.570. The molecule has 78 valence electrons. The van der Waals surface area contributed by atoms with Gasteiger partial charge in [0.2, 0.25) is 0 Å². The van der Waals surface area contributed by atoms with E-state index in [1.165, 1.54) is 17.8 Å². The largest absolute Gasteiger partial charge is 0.377 e. The molecule has 0 aromatic carbocycles. The Morgan fingerprint density at radius 2 is 2.50 bits per heavy atom. The summed E-state index contributed by atoms with van der Waals surface area (Å²) in [6, 6.07) is 0. The van der Waals surface area contributed by atoms with Gasteiger partial charge in [-0.05, 0) is 31.7 Å². The van der Waals surface area contributed by atoms with Crippen molar-refractivity contribution < 1.29 is 4.74 Å². The molecule has 1 heterocycles. The molecule has 3 N–H and O–H groups in total. The van der Waals surface area contributed by atoms with Gasteiger partial charge < -0.3 is 15.5 Å². The van der Waals surface area contributed by atoms with E-state index < -0.39 is 0 Å². The normalized spacial score (nSPS) is 20.9. The van der Waals surface area contributed by atoms with Crippen molar-refractivity contribution in [3.8, 4) is 0 Å². The molecule has 0 spiro atoms. The summed E-state index contributed by atoms with van der Waals surface area (Å²) >= 11 is 0. The first kappa shape index (κ1) is 9.68. The molecule has 0 amide bonds. The molecule has 1 aliphatic carbocycles. The number of rotatable bonds is 3. The summed E-state index contributed by atoms with van der Waals surface area (Å²) in [6.45, 7) is 1.35. The summed E-state index contributed by atoms with van der Waals surface area (Å²) in [5.41, 5.74) is 8.14. The van der Waals surface area contributed by atoms with Crippen molar-refractivity contribution in [1.82, 2.24) is 9.97 Å². The van der Waals surface area contributed by atoms with E-state index in [0.717, 1.165) is 25.2 Å². The van der Waals surface area contributed by atoms with Crippen LogP contribution in [-0.2, 0) is 24.2 Å². The number of nitrogens with one attached hydrogen (secondary N) is 1. The average Bonchev–Trinajstić information content (AvgIpc) is 2.59. The van der Waals surface area contributed by atoms with Crippen LogP contribution in [0.2, 0.25) is 0 Å². The van der Waals surface area contributed by atoms with Gasteiger partial charge in [-0.15, -0.1) is 0 Å². The smallest absolute Gasteiger partial charge is 0.132 e. The molecule has 0 aliphatic heterocycles. The summed E-state index contributed by atoms with van der Waals surface area (Å²) in [5.74, 6) is 1.56. The summed E-state index contributed by atoms with van der Waals surface area (Å²) in [6.07, 6.45) is 3.26. The Morgan fingerprint density at radius 1 is 1.64 bits per heavy atom. The van der Waals surface area contributed by atoms with Crippen LogP contribution in [0.1, 0.15) is 23.6 Å². The standard InChI is InChI=1S/C10H17N3O/c1-14-6-10-12-8-3-2-7(5-11)4-9(8)13-10/h7H,2-6,11H2,1H3,(H,12,13). The number of nitrogens with two attached hydrogens (primary N) is 1. The number of aryl methyl sites for hydroxylation is 1.